The highest BCUT2D eigenvalue weighted by molar-refractivity contribution is 8.14. The predicted octanol–water partition coefficient (Wildman–Crippen LogP) is 4.14. The molecule has 1 rings (SSSR count). The van der Waals surface area contributed by atoms with E-state index in [-0.39, 0.29) is 5.12 Å². The minimum atomic E-state index is 0.205. The molecule has 0 saturated heterocycles. The molecule has 0 N–H and O–H groups in total. The quantitative estimate of drug-likeness (QED) is 0.745. The second-order valence-electron chi connectivity index (χ2n) is 3.59. The molecule has 2 heteroatoms. The van der Waals surface area contributed by atoms with Gasteiger partial charge < -0.3 is 0 Å². The summed E-state index contributed by atoms with van der Waals surface area (Å²) < 4.78 is 0. The van der Waals surface area contributed by atoms with Crippen molar-refractivity contribution in [3.8, 4) is 0 Å². The maximum absolute atomic E-state index is 11.9. The average Bonchev–Trinajstić information content (AvgIpc) is 2.29. The molecule has 0 aliphatic carbocycles. The van der Waals surface area contributed by atoms with Crippen molar-refractivity contribution in [2.45, 2.75) is 38.4 Å². The summed E-state index contributed by atoms with van der Waals surface area (Å²) in [7, 11) is 0. The zero-order chi connectivity index (χ0) is 11.1. The summed E-state index contributed by atoms with van der Waals surface area (Å²) in [5.74, 6) is 0. The van der Waals surface area contributed by atoms with Gasteiger partial charge in [0.2, 0.25) is 5.12 Å². The van der Waals surface area contributed by atoms with Gasteiger partial charge >= 0.3 is 0 Å². The van der Waals surface area contributed by atoms with Crippen molar-refractivity contribution in [1.82, 2.24) is 0 Å². The van der Waals surface area contributed by atoms with Crippen LogP contribution in [0.4, 0.5) is 0 Å². The van der Waals surface area contributed by atoms with E-state index in [1.807, 2.05) is 30.3 Å². The van der Waals surface area contributed by atoms with Crippen molar-refractivity contribution in [3.63, 3.8) is 0 Å². The molecule has 0 fully saturated rings. The van der Waals surface area contributed by atoms with Crippen LogP contribution in [0.2, 0.25) is 0 Å². The molecule has 1 nitrogen and oxygen atoms in total. The Morgan fingerprint density at radius 3 is 2.47 bits per heavy atom. The van der Waals surface area contributed by atoms with Crippen LogP contribution in [0.5, 0.6) is 0 Å². The van der Waals surface area contributed by atoms with Crippen LogP contribution in [0.1, 0.15) is 43.5 Å². The van der Waals surface area contributed by atoms with Crippen LogP contribution in [-0.4, -0.2) is 10.4 Å². The van der Waals surface area contributed by atoms with E-state index >= 15 is 0 Å². The minimum absolute atomic E-state index is 0.205. The second kappa shape index (κ2) is 6.67. The molecule has 0 aliphatic heterocycles. The summed E-state index contributed by atoms with van der Waals surface area (Å²) in [5.41, 5.74) is 0.817. The van der Waals surface area contributed by atoms with Crippen LogP contribution in [-0.2, 0) is 0 Å². The molecule has 0 aromatic heterocycles. The van der Waals surface area contributed by atoms with Crippen LogP contribution < -0.4 is 0 Å². The number of carbonyl (C=O) groups excluding carboxylic acids is 1. The fourth-order valence-electron chi connectivity index (χ4n) is 1.46. The van der Waals surface area contributed by atoms with E-state index in [4.69, 9.17) is 0 Å². The van der Waals surface area contributed by atoms with Crippen LogP contribution >= 0.6 is 11.8 Å². The highest BCUT2D eigenvalue weighted by Gasteiger charge is 2.13. The smallest absolute Gasteiger partial charge is 0.219 e. The summed E-state index contributed by atoms with van der Waals surface area (Å²) >= 11 is 1.48. The van der Waals surface area contributed by atoms with Crippen molar-refractivity contribution in [1.29, 1.82) is 0 Å². The highest BCUT2D eigenvalue weighted by Crippen LogP contribution is 2.23. The fourth-order valence-corrected chi connectivity index (χ4v) is 2.56. The number of benzene rings is 1. The summed E-state index contributed by atoms with van der Waals surface area (Å²) in [4.78, 5) is 11.9. The Balaban J connectivity index is 2.55. The molecule has 0 spiro atoms. The van der Waals surface area contributed by atoms with Crippen LogP contribution in [0.15, 0.2) is 30.3 Å². The molecule has 0 bridgehead atoms. The highest BCUT2D eigenvalue weighted by atomic mass is 32.2. The zero-order valence-electron chi connectivity index (χ0n) is 9.40. The van der Waals surface area contributed by atoms with Gasteiger partial charge in [-0.2, -0.15) is 0 Å². The third kappa shape index (κ3) is 4.08. The van der Waals surface area contributed by atoms with Gasteiger partial charge in [-0.05, 0) is 12.8 Å². The lowest BCUT2D eigenvalue weighted by atomic mass is 10.2. The van der Waals surface area contributed by atoms with Gasteiger partial charge in [0.25, 0.3) is 0 Å². The molecule has 0 amide bonds. The Bertz CT molecular complexity index is 295. The first-order valence-corrected chi connectivity index (χ1v) is 6.41. The van der Waals surface area contributed by atoms with Crippen molar-refractivity contribution >= 4 is 16.9 Å². The summed E-state index contributed by atoms with van der Waals surface area (Å²) in [6, 6.07) is 9.52. The van der Waals surface area contributed by atoms with Gasteiger partial charge in [-0.1, -0.05) is 62.4 Å². The van der Waals surface area contributed by atoms with Gasteiger partial charge in [0.1, 0.15) is 0 Å². The standard InChI is InChI=1S/C13H18OS/c1-3-8-12(4-2)15-13(14)11-9-6-5-7-10-11/h5-7,9-10,12H,3-4,8H2,1-2H3. The van der Waals surface area contributed by atoms with E-state index in [2.05, 4.69) is 13.8 Å². The van der Waals surface area contributed by atoms with E-state index in [1.165, 1.54) is 11.8 Å². The van der Waals surface area contributed by atoms with Crippen molar-refractivity contribution in [3.05, 3.63) is 35.9 Å². The Morgan fingerprint density at radius 2 is 1.93 bits per heavy atom. The number of carbonyl (C=O) groups is 1. The van der Waals surface area contributed by atoms with E-state index in [9.17, 15) is 4.79 Å². The number of hydrogen-bond acceptors (Lipinski definition) is 2. The number of rotatable bonds is 5. The Kier molecular flexibility index (Phi) is 5.48. The summed E-state index contributed by atoms with van der Waals surface area (Å²) in [6.45, 7) is 4.31. The lowest BCUT2D eigenvalue weighted by molar-refractivity contribution is 0.108. The van der Waals surface area contributed by atoms with E-state index in [0.717, 1.165) is 24.8 Å². The van der Waals surface area contributed by atoms with Gasteiger partial charge in [-0.15, -0.1) is 0 Å². The Hall–Kier alpha value is -0.760. The normalized spacial score (nSPS) is 12.4. The molecule has 0 radical (unpaired) electrons. The molecule has 1 unspecified atom stereocenters. The van der Waals surface area contributed by atoms with Gasteiger partial charge in [-0.25, -0.2) is 0 Å². The monoisotopic (exact) mass is 222 g/mol. The van der Waals surface area contributed by atoms with Gasteiger partial charge in [0.05, 0.1) is 0 Å². The zero-order valence-corrected chi connectivity index (χ0v) is 10.2. The molecule has 1 aromatic carbocycles. The lowest BCUT2D eigenvalue weighted by Crippen LogP contribution is -2.05. The summed E-state index contributed by atoms with van der Waals surface area (Å²) in [6.07, 6.45) is 3.34. The molecule has 0 heterocycles. The van der Waals surface area contributed by atoms with E-state index in [0.29, 0.717) is 5.25 Å². The first kappa shape index (κ1) is 12.3. The van der Waals surface area contributed by atoms with Gasteiger partial charge in [0.15, 0.2) is 0 Å². The lowest BCUT2D eigenvalue weighted by Gasteiger charge is -2.11. The molecule has 1 aromatic rings. The Morgan fingerprint density at radius 1 is 1.27 bits per heavy atom. The molecular formula is C13H18OS. The molecule has 82 valence electrons. The first-order chi connectivity index (χ1) is 7.27. The first-order valence-electron chi connectivity index (χ1n) is 5.54. The van der Waals surface area contributed by atoms with Crippen LogP contribution in [0, 0.1) is 0 Å². The molecular weight excluding hydrogens is 204 g/mol. The van der Waals surface area contributed by atoms with E-state index < -0.39 is 0 Å². The molecule has 0 saturated carbocycles. The minimum Gasteiger partial charge on any atom is -0.282 e. The van der Waals surface area contributed by atoms with Crippen molar-refractivity contribution in [2.24, 2.45) is 0 Å². The van der Waals surface area contributed by atoms with E-state index in [1.54, 1.807) is 0 Å². The number of hydrogen-bond donors (Lipinski definition) is 0. The molecule has 0 aliphatic rings. The SMILES string of the molecule is CCCC(CC)SC(=O)c1ccccc1. The van der Waals surface area contributed by atoms with Gasteiger partial charge in [0, 0.05) is 10.8 Å². The fraction of sp³-hybridized carbons (Fsp3) is 0.462. The predicted molar refractivity (Wildman–Crippen MR) is 67.4 cm³/mol. The maximum atomic E-state index is 11.9. The summed E-state index contributed by atoms with van der Waals surface area (Å²) in [5, 5.41) is 0.679. The second-order valence-corrected chi connectivity index (χ2v) is 4.86. The van der Waals surface area contributed by atoms with Gasteiger partial charge in [-0.3, -0.25) is 4.79 Å². The van der Waals surface area contributed by atoms with Crippen LogP contribution in [0.3, 0.4) is 0 Å². The number of thioether (sulfide) groups is 1. The third-order valence-electron chi connectivity index (χ3n) is 2.35. The molecule has 15 heavy (non-hydrogen) atoms. The Labute approximate surface area is 96.3 Å². The molecule has 1 atom stereocenters. The van der Waals surface area contributed by atoms with Crippen LogP contribution in [0.25, 0.3) is 0 Å². The maximum Gasteiger partial charge on any atom is 0.219 e. The topological polar surface area (TPSA) is 17.1 Å². The van der Waals surface area contributed by atoms with Crippen molar-refractivity contribution in [2.75, 3.05) is 0 Å². The third-order valence-corrected chi connectivity index (χ3v) is 3.70. The average molecular weight is 222 g/mol. The van der Waals surface area contributed by atoms with Crippen molar-refractivity contribution < 1.29 is 4.79 Å². The largest absolute Gasteiger partial charge is 0.282 e.